The van der Waals surface area contributed by atoms with Gasteiger partial charge in [0.05, 0.1) is 5.69 Å². The van der Waals surface area contributed by atoms with E-state index in [9.17, 15) is 5.11 Å². The molecule has 150 valence electrons. The SMILES string of the molecule is Oc1cccc(CCNc2nccc(-c3cccc(NC4CCNCC4)c3)n2)c1. The average molecular weight is 390 g/mol. The van der Waals surface area contributed by atoms with Crippen LogP contribution in [0.25, 0.3) is 11.3 Å². The number of nitrogens with one attached hydrogen (secondary N) is 3. The Labute approximate surface area is 171 Å². The van der Waals surface area contributed by atoms with Gasteiger partial charge in [0.2, 0.25) is 5.95 Å². The van der Waals surface area contributed by atoms with Crippen LogP contribution in [0.2, 0.25) is 0 Å². The molecule has 1 fully saturated rings. The molecule has 2 heterocycles. The van der Waals surface area contributed by atoms with Crippen LogP contribution >= 0.6 is 0 Å². The maximum atomic E-state index is 9.56. The minimum absolute atomic E-state index is 0.290. The summed E-state index contributed by atoms with van der Waals surface area (Å²) < 4.78 is 0. The Morgan fingerprint density at radius 2 is 1.90 bits per heavy atom. The number of anilines is 2. The predicted octanol–water partition coefficient (Wildman–Crippen LogP) is 3.67. The average Bonchev–Trinajstić information content (AvgIpc) is 2.75. The van der Waals surface area contributed by atoms with E-state index in [4.69, 9.17) is 0 Å². The first-order valence-electron chi connectivity index (χ1n) is 10.2. The highest BCUT2D eigenvalue weighted by Gasteiger charge is 2.12. The molecule has 2 aromatic carbocycles. The van der Waals surface area contributed by atoms with Gasteiger partial charge in [0.25, 0.3) is 0 Å². The smallest absolute Gasteiger partial charge is 0.223 e. The van der Waals surface area contributed by atoms with Crippen molar-refractivity contribution in [1.29, 1.82) is 0 Å². The second-order valence-corrected chi connectivity index (χ2v) is 7.36. The molecule has 1 aliphatic heterocycles. The lowest BCUT2D eigenvalue weighted by molar-refractivity contribution is 0.474. The van der Waals surface area contributed by atoms with Crippen LogP contribution in [0.1, 0.15) is 18.4 Å². The van der Waals surface area contributed by atoms with E-state index in [1.165, 1.54) is 0 Å². The normalized spacial score (nSPS) is 14.5. The third-order valence-electron chi connectivity index (χ3n) is 5.13. The quantitative estimate of drug-likeness (QED) is 0.494. The van der Waals surface area contributed by atoms with Crippen molar-refractivity contribution in [1.82, 2.24) is 15.3 Å². The molecule has 1 aliphatic rings. The van der Waals surface area contributed by atoms with Gasteiger partial charge in [0.1, 0.15) is 5.75 Å². The van der Waals surface area contributed by atoms with Gasteiger partial charge in [-0.05, 0) is 68.2 Å². The van der Waals surface area contributed by atoms with Crippen LogP contribution in [0.3, 0.4) is 0 Å². The van der Waals surface area contributed by atoms with Gasteiger partial charge in [0.15, 0.2) is 0 Å². The van der Waals surface area contributed by atoms with Gasteiger partial charge in [-0.15, -0.1) is 0 Å². The zero-order valence-corrected chi connectivity index (χ0v) is 16.4. The number of rotatable bonds is 7. The second kappa shape index (κ2) is 9.39. The Morgan fingerprint density at radius 3 is 2.76 bits per heavy atom. The number of phenols is 1. The summed E-state index contributed by atoms with van der Waals surface area (Å²) in [5.41, 5.74) is 4.17. The first-order valence-corrected chi connectivity index (χ1v) is 10.2. The van der Waals surface area contributed by atoms with Crippen molar-refractivity contribution in [2.45, 2.75) is 25.3 Å². The van der Waals surface area contributed by atoms with E-state index >= 15 is 0 Å². The van der Waals surface area contributed by atoms with E-state index in [0.717, 1.165) is 54.9 Å². The Kier molecular flexibility index (Phi) is 6.22. The van der Waals surface area contributed by atoms with Crippen LogP contribution < -0.4 is 16.0 Å². The van der Waals surface area contributed by atoms with Crippen LogP contribution in [0.5, 0.6) is 5.75 Å². The third-order valence-corrected chi connectivity index (χ3v) is 5.13. The summed E-state index contributed by atoms with van der Waals surface area (Å²) in [7, 11) is 0. The number of aromatic hydroxyl groups is 1. The largest absolute Gasteiger partial charge is 0.508 e. The topological polar surface area (TPSA) is 82.1 Å². The Hall–Kier alpha value is -3.12. The first-order chi connectivity index (χ1) is 14.3. The molecule has 1 aromatic heterocycles. The zero-order chi connectivity index (χ0) is 19.9. The molecule has 0 unspecified atom stereocenters. The monoisotopic (exact) mass is 389 g/mol. The molecular formula is C23H27N5O. The molecule has 6 heteroatoms. The van der Waals surface area contributed by atoms with Crippen LogP contribution in [0.4, 0.5) is 11.6 Å². The maximum Gasteiger partial charge on any atom is 0.223 e. The molecule has 0 amide bonds. The van der Waals surface area contributed by atoms with Gasteiger partial charge < -0.3 is 21.1 Å². The molecule has 3 aromatic rings. The zero-order valence-electron chi connectivity index (χ0n) is 16.4. The highest BCUT2D eigenvalue weighted by molar-refractivity contribution is 5.65. The summed E-state index contributed by atoms with van der Waals surface area (Å²) in [6.07, 6.45) is 4.86. The molecule has 29 heavy (non-hydrogen) atoms. The lowest BCUT2D eigenvalue weighted by atomic mass is 10.1. The number of hydrogen-bond donors (Lipinski definition) is 4. The molecule has 6 nitrogen and oxygen atoms in total. The molecule has 0 spiro atoms. The standard InChI is InChI=1S/C23H27N5O/c29-21-6-1-3-17(15-21)7-13-25-23-26-14-10-22(28-23)18-4-2-5-20(16-18)27-19-8-11-24-12-9-19/h1-6,10,14-16,19,24,27,29H,7-9,11-13H2,(H,25,26,28). The predicted molar refractivity (Wildman–Crippen MR) is 117 cm³/mol. The molecule has 0 aliphatic carbocycles. The molecule has 0 radical (unpaired) electrons. The summed E-state index contributed by atoms with van der Waals surface area (Å²) in [6, 6.07) is 18.2. The minimum atomic E-state index is 0.290. The molecule has 0 saturated carbocycles. The summed E-state index contributed by atoms with van der Waals surface area (Å²) in [6.45, 7) is 2.84. The number of piperidine rings is 1. The second-order valence-electron chi connectivity index (χ2n) is 7.36. The summed E-state index contributed by atoms with van der Waals surface area (Å²) in [4.78, 5) is 9.01. The molecule has 4 N–H and O–H groups in total. The Morgan fingerprint density at radius 1 is 1.03 bits per heavy atom. The van der Waals surface area contributed by atoms with Gasteiger partial charge in [-0.1, -0.05) is 24.3 Å². The molecule has 0 bridgehead atoms. The van der Waals surface area contributed by atoms with Crippen molar-refractivity contribution >= 4 is 11.6 Å². The van der Waals surface area contributed by atoms with Gasteiger partial charge in [-0.25, -0.2) is 9.97 Å². The van der Waals surface area contributed by atoms with Crippen molar-refractivity contribution in [3.63, 3.8) is 0 Å². The summed E-state index contributed by atoms with van der Waals surface area (Å²) in [5.74, 6) is 0.901. The highest BCUT2D eigenvalue weighted by Crippen LogP contribution is 2.23. The van der Waals surface area contributed by atoms with E-state index in [-0.39, 0.29) is 0 Å². The van der Waals surface area contributed by atoms with Gasteiger partial charge in [0, 0.05) is 30.0 Å². The van der Waals surface area contributed by atoms with Crippen LogP contribution in [0, 0.1) is 0 Å². The van der Waals surface area contributed by atoms with Crippen LogP contribution in [-0.4, -0.2) is 40.8 Å². The van der Waals surface area contributed by atoms with Crippen molar-refractivity contribution in [2.24, 2.45) is 0 Å². The van der Waals surface area contributed by atoms with Crippen molar-refractivity contribution in [3.05, 3.63) is 66.4 Å². The van der Waals surface area contributed by atoms with Crippen LogP contribution in [0.15, 0.2) is 60.8 Å². The van der Waals surface area contributed by atoms with Crippen molar-refractivity contribution in [3.8, 4) is 17.0 Å². The highest BCUT2D eigenvalue weighted by atomic mass is 16.3. The number of benzene rings is 2. The molecule has 0 atom stereocenters. The molecule has 4 rings (SSSR count). The van der Waals surface area contributed by atoms with Crippen molar-refractivity contribution in [2.75, 3.05) is 30.3 Å². The number of phenolic OH excluding ortho intramolecular Hbond substituents is 1. The van der Waals surface area contributed by atoms with Crippen LogP contribution in [-0.2, 0) is 6.42 Å². The van der Waals surface area contributed by atoms with E-state index in [1.54, 1.807) is 18.3 Å². The number of hydrogen-bond acceptors (Lipinski definition) is 6. The van der Waals surface area contributed by atoms with E-state index in [2.05, 4.69) is 50.2 Å². The van der Waals surface area contributed by atoms with E-state index in [0.29, 0.717) is 24.3 Å². The fourth-order valence-electron chi connectivity index (χ4n) is 3.61. The van der Waals surface area contributed by atoms with Gasteiger partial charge >= 0.3 is 0 Å². The van der Waals surface area contributed by atoms with Crippen molar-refractivity contribution < 1.29 is 5.11 Å². The minimum Gasteiger partial charge on any atom is -0.508 e. The fraction of sp³-hybridized carbons (Fsp3) is 0.304. The summed E-state index contributed by atoms with van der Waals surface area (Å²) in [5, 5.41) is 19.9. The number of aromatic nitrogens is 2. The lowest BCUT2D eigenvalue weighted by Crippen LogP contribution is -2.35. The fourth-order valence-corrected chi connectivity index (χ4v) is 3.61. The Balaban J connectivity index is 1.39. The molecular weight excluding hydrogens is 362 g/mol. The maximum absolute atomic E-state index is 9.56. The van der Waals surface area contributed by atoms with E-state index < -0.39 is 0 Å². The lowest BCUT2D eigenvalue weighted by Gasteiger charge is -2.24. The Bertz CT molecular complexity index is 940. The first kappa shape index (κ1) is 19.2. The summed E-state index contributed by atoms with van der Waals surface area (Å²) >= 11 is 0. The van der Waals surface area contributed by atoms with Gasteiger partial charge in [-0.3, -0.25) is 0 Å². The third kappa shape index (κ3) is 5.45. The number of nitrogens with zero attached hydrogens (tertiary/aromatic N) is 2. The van der Waals surface area contributed by atoms with Gasteiger partial charge in [-0.2, -0.15) is 0 Å². The van der Waals surface area contributed by atoms with E-state index in [1.807, 2.05) is 18.2 Å². The molecule has 1 saturated heterocycles.